The van der Waals surface area contributed by atoms with E-state index in [0.29, 0.717) is 22.3 Å². The summed E-state index contributed by atoms with van der Waals surface area (Å²) in [5, 5.41) is 11.1. The van der Waals surface area contributed by atoms with Crippen molar-refractivity contribution in [3.8, 4) is 11.5 Å². The lowest BCUT2D eigenvalue weighted by atomic mass is 10.2. The van der Waals surface area contributed by atoms with Crippen LogP contribution in [0.5, 0.6) is 0 Å². The van der Waals surface area contributed by atoms with Crippen LogP contribution in [0, 0.1) is 5.82 Å². The Morgan fingerprint density at radius 2 is 2.16 bits per heavy atom. The van der Waals surface area contributed by atoms with Gasteiger partial charge in [-0.25, -0.2) is 4.39 Å². The normalized spacial score (nSPS) is 10.9. The molecule has 0 spiro atoms. The maximum Gasteiger partial charge on any atom is 0.251 e. The van der Waals surface area contributed by atoms with E-state index < -0.39 is 0 Å². The van der Waals surface area contributed by atoms with Gasteiger partial charge in [0.15, 0.2) is 0 Å². The first kappa shape index (κ1) is 14.1. The Balaban J connectivity index is 2.08. The Hall–Kier alpha value is -1.27. The summed E-state index contributed by atoms with van der Waals surface area (Å²) < 4.78 is 19.8. The van der Waals surface area contributed by atoms with Gasteiger partial charge in [0.2, 0.25) is 5.89 Å². The summed E-state index contributed by atoms with van der Waals surface area (Å²) >= 11 is 3.29. The number of rotatable bonds is 6. The summed E-state index contributed by atoms with van der Waals surface area (Å²) in [5.41, 5.74) is 0.308. The van der Waals surface area contributed by atoms with Gasteiger partial charge < -0.3 is 9.73 Å². The van der Waals surface area contributed by atoms with Crippen molar-refractivity contribution in [3.05, 3.63) is 34.4 Å². The molecule has 2 rings (SSSR count). The lowest BCUT2D eigenvalue weighted by molar-refractivity contribution is 0.491. The molecule has 0 atom stereocenters. The van der Waals surface area contributed by atoms with Crippen LogP contribution in [-0.2, 0) is 6.42 Å². The standard InChI is InChI=1S/C13H15BrFN3O/c1-2-7-16-8-6-11-17-18-13(19-11)12-9(14)4-3-5-10(12)15/h3-5,16H,2,6-8H2,1H3. The molecule has 0 fully saturated rings. The first-order valence-electron chi connectivity index (χ1n) is 6.20. The van der Waals surface area contributed by atoms with Crippen molar-refractivity contribution in [2.75, 3.05) is 13.1 Å². The number of aromatic nitrogens is 2. The van der Waals surface area contributed by atoms with E-state index in [-0.39, 0.29) is 11.7 Å². The fourth-order valence-electron chi connectivity index (χ4n) is 1.65. The number of nitrogens with zero attached hydrogens (tertiary/aromatic N) is 2. The lowest BCUT2D eigenvalue weighted by Gasteiger charge is -2.00. The molecule has 0 saturated heterocycles. The summed E-state index contributed by atoms with van der Waals surface area (Å²) in [6.07, 6.45) is 1.72. The molecule has 19 heavy (non-hydrogen) atoms. The van der Waals surface area contributed by atoms with Crippen LogP contribution >= 0.6 is 15.9 Å². The van der Waals surface area contributed by atoms with E-state index in [9.17, 15) is 4.39 Å². The average Bonchev–Trinajstić information content (AvgIpc) is 2.83. The van der Waals surface area contributed by atoms with E-state index in [1.807, 2.05) is 0 Å². The largest absolute Gasteiger partial charge is 0.421 e. The molecule has 0 radical (unpaired) electrons. The zero-order valence-electron chi connectivity index (χ0n) is 10.6. The van der Waals surface area contributed by atoms with Crippen LogP contribution in [0.15, 0.2) is 27.1 Å². The van der Waals surface area contributed by atoms with E-state index in [4.69, 9.17) is 4.42 Å². The molecule has 0 amide bonds. The molecule has 6 heteroatoms. The number of halogens is 2. The van der Waals surface area contributed by atoms with Gasteiger partial charge >= 0.3 is 0 Å². The van der Waals surface area contributed by atoms with Crippen LogP contribution in [0.25, 0.3) is 11.5 Å². The number of nitrogens with one attached hydrogen (secondary N) is 1. The van der Waals surface area contributed by atoms with Crippen molar-refractivity contribution < 1.29 is 8.81 Å². The van der Waals surface area contributed by atoms with Crippen LogP contribution in [0.1, 0.15) is 19.2 Å². The number of hydrogen-bond acceptors (Lipinski definition) is 4. The summed E-state index contributed by atoms with van der Waals surface area (Å²) in [6, 6.07) is 4.73. The van der Waals surface area contributed by atoms with E-state index in [0.717, 1.165) is 19.5 Å². The predicted molar refractivity (Wildman–Crippen MR) is 74.3 cm³/mol. The minimum atomic E-state index is -0.381. The summed E-state index contributed by atoms with van der Waals surface area (Å²) in [7, 11) is 0. The molecule has 0 aliphatic rings. The molecule has 102 valence electrons. The SMILES string of the molecule is CCCNCCc1nnc(-c2c(F)cccc2Br)o1. The quantitative estimate of drug-likeness (QED) is 0.828. The van der Waals surface area contributed by atoms with E-state index >= 15 is 0 Å². The molecular formula is C13H15BrFN3O. The van der Waals surface area contributed by atoms with Gasteiger partial charge in [-0.1, -0.05) is 13.0 Å². The van der Waals surface area contributed by atoms with Gasteiger partial charge in [0.1, 0.15) is 5.82 Å². The third-order valence-corrected chi connectivity index (χ3v) is 3.25. The number of benzene rings is 1. The van der Waals surface area contributed by atoms with Gasteiger partial charge in [-0.05, 0) is 41.0 Å². The summed E-state index contributed by atoms with van der Waals surface area (Å²) in [4.78, 5) is 0. The maximum absolute atomic E-state index is 13.7. The highest BCUT2D eigenvalue weighted by Gasteiger charge is 2.15. The van der Waals surface area contributed by atoms with Crippen LogP contribution in [0.4, 0.5) is 4.39 Å². The highest BCUT2D eigenvalue weighted by atomic mass is 79.9. The van der Waals surface area contributed by atoms with Crippen LogP contribution < -0.4 is 5.32 Å². The van der Waals surface area contributed by atoms with Crippen molar-refractivity contribution in [1.82, 2.24) is 15.5 Å². The molecule has 1 heterocycles. The summed E-state index contributed by atoms with van der Waals surface area (Å²) in [6.45, 7) is 3.83. The van der Waals surface area contributed by atoms with Gasteiger partial charge in [0.25, 0.3) is 5.89 Å². The second-order valence-corrected chi connectivity index (χ2v) is 4.95. The van der Waals surface area contributed by atoms with Gasteiger partial charge in [-0.3, -0.25) is 0 Å². The van der Waals surface area contributed by atoms with Gasteiger partial charge in [0, 0.05) is 17.4 Å². The Morgan fingerprint density at radius 1 is 1.32 bits per heavy atom. The third kappa shape index (κ3) is 3.61. The molecule has 0 bridgehead atoms. The fourth-order valence-corrected chi connectivity index (χ4v) is 2.17. The van der Waals surface area contributed by atoms with Crippen LogP contribution in [-0.4, -0.2) is 23.3 Å². The Bertz CT molecular complexity index is 524. The molecular weight excluding hydrogens is 313 g/mol. The van der Waals surface area contributed by atoms with Gasteiger partial charge in [-0.15, -0.1) is 10.2 Å². The topological polar surface area (TPSA) is 51.0 Å². The molecule has 4 nitrogen and oxygen atoms in total. The predicted octanol–water partition coefficient (Wildman–Crippen LogP) is 3.18. The zero-order valence-corrected chi connectivity index (χ0v) is 12.2. The monoisotopic (exact) mass is 327 g/mol. The third-order valence-electron chi connectivity index (χ3n) is 2.59. The van der Waals surface area contributed by atoms with E-state index in [1.54, 1.807) is 12.1 Å². The molecule has 1 aromatic carbocycles. The highest BCUT2D eigenvalue weighted by molar-refractivity contribution is 9.10. The number of hydrogen-bond donors (Lipinski definition) is 1. The van der Waals surface area contributed by atoms with Crippen LogP contribution in [0.3, 0.4) is 0 Å². The molecule has 0 aliphatic heterocycles. The fraction of sp³-hybridized carbons (Fsp3) is 0.385. The van der Waals surface area contributed by atoms with Crippen molar-refractivity contribution in [2.45, 2.75) is 19.8 Å². The first-order valence-corrected chi connectivity index (χ1v) is 6.99. The smallest absolute Gasteiger partial charge is 0.251 e. The molecule has 0 aliphatic carbocycles. The Labute approximate surface area is 119 Å². The summed E-state index contributed by atoms with van der Waals surface area (Å²) in [5.74, 6) is 0.331. The molecule has 0 saturated carbocycles. The van der Waals surface area contributed by atoms with Crippen molar-refractivity contribution in [2.24, 2.45) is 0 Å². The van der Waals surface area contributed by atoms with Crippen molar-refractivity contribution >= 4 is 15.9 Å². The van der Waals surface area contributed by atoms with E-state index in [2.05, 4.69) is 38.4 Å². The lowest BCUT2D eigenvalue weighted by Crippen LogP contribution is -2.17. The van der Waals surface area contributed by atoms with Crippen LogP contribution in [0.2, 0.25) is 0 Å². The molecule has 1 aromatic heterocycles. The minimum absolute atomic E-state index is 0.204. The van der Waals surface area contributed by atoms with Gasteiger partial charge in [-0.2, -0.15) is 0 Å². The maximum atomic E-state index is 13.7. The highest BCUT2D eigenvalue weighted by Crippen LogP contribution is 2.29. The second-order valence-electron chi connectivity index (χ2n) is 4.10. The molecule has 0 unspecified atom stereocenters. The Morgan fingerprint density at radius 3 is 2.89 bits per heavy atom. The van der Waals surface area contributed by atoms with Crippen molar-refractivity contribution in [3.63, 3.8) is 0 Å². The van der Waals surface area contributed by atoms with Gasteiger partial charge in [0.05, 0.1) is 5.56 Å². The minimum Gasteiger partial charge on any atom is -0.421 e. The second kappa shape index (κ2) is 6.77. The molecule has 1 N–H and O–H groups in total. The average molecular weight is 328 g/mol. The first-order chi connectivity index (χ1) is 9.22. The zero-order chi connectivity index (χ0) is 13.7. The van der Waals surface area contributed by atoms with Crippen molar-refractivity contribution in [1.29, 1.82) is 0 Å². The molecule has 2 aromatic rings. The Kier molecular flexibility index (Phi) is 5.04. The van der Waals surface area contributed by atoms with E-state index in [1.165, 1.54) is 6.07 Å².